The van der Waals surface area contributed by atoms with Crippen LogP contribution in [0, 0.1) is 0 Å². The van der Waals surface area contributed by atoms with E-state index in [2.05, 4.69) is 5.73 Å². The quantitative estimate of drug-likeness (QED) is 0.708. The Morgan fingerprint density at radius 3 is 1.31 bits per heavy atom. The number of hydrogen-bond donors (Lipinski definition) is 1. The predicted molar refractivity (Wildman–Crippen MR) is 50.1 cm³/mol. The number of nitrogens with two attached hydrogens (primary N) is 1. The first kappa shape index (κ1) is 14.3. The van der Waals surface area contributed by atoms with Crippen molar-refractivity contribution in [3.63, 3.8) is 0 Å². The first-order valence-corrected chi connectivity index (χ1v) is 4.17. The van der Waals surface area contributed by atoms with Crippen LogP contribution in [0.5, 0.6) is 0 Å². The van der Waals surface area contributed by atoms with Crippen molar-refractivity contribution in [2.45, 2.75) is 40.0 Å². The Labute approximate surface area is 78.5 Å². The summed E-state index contributed by atoms with van der Waals surface area (Å²) in [7, 11) is 0. The van der Waals surface area contributed by atoms with Crippen molar-refractivity contribution in [1.82, 2.24) is 0 Å². The van der Waals surface area contributed by atoms with Gasteiger partial charge in [-0.15, -0.1) is 0 Å². The molecule has 0 spiro atoms. The van der Waals surface area contributed by atoms with Crippen molar-refractivity contribution in [3.8, 4) is 0 Å². The van der Waals surface area contributed by atoms with E-state index in [-0.39, 0.29) is 17.5 Å². The molecule has 0 bridgehead atoms. The van der Waals surface area contributed by atoms with Crippen LogP contribution in [0.25, 0.3) is 0 Å². The number of amides is 1. The molecule has 4 nitrogen and oxygen atoms in total. The lowest BCUT2D eigenvalue weighted by atomic mass is 10.2. The molecule has 76 valence electrons. The Hall–Kier alpha value is -1.19. The van der Waals surface area contributed by atoms with Gasteiger partial charge in [0.1, 0.15) is 11.6 Å². The van der Waals surface area contributed by atoms with Crippen LogP contribution in [0.3, 0.4) is 0 Å². The Kier molecular flexibility index (Phi) is 9.82. The lowest BCUT2D eigenvalue weighted by molar-refractivity contribution is -0.122. The summed E-state index contributed by atoms with van der Waals surface area (Å²) in [6, 6.07) is 0. The Morgan fingerprint density at radius 2 is 1.23 bits per heavy atom. The Bertz CT molecular complexity index is 173. The van der Waals surface area contributed by atoms with Gasteiger partial charge in [-0.25, -0.2) is 0 Å². The molecular formula is C9H17NO3. The molecule has 0 radical (unpaired) electrons. The van der Waals surface area contributed by atoms with Gasteiger partial charge in [0.25, 0.3) is 0 Å². The Morgan fingerprint density at radius 1 is 1.00 bits per heavy atom. The number of carbonyl (C=O) groups excluding carboxylic acids is 3. The van der Waals surface area contributed by atoms with E-state index in [1.807, 2.05) is 0 Å². The molecule has 0 aliphatic rings. The molecule has 0 unspecified atom stereocenters. The lowest BCUT2D eigenvalue weighted by Crippen LogP contribution is -2.06. The standard InChI is InChI=1S/C6H10O2.C3H7NO/c1-5(7)3-4-6(2)8;1-2-3(4)5/h3-4H2,1-2H3;2H2,1H3,(H2,4,5). The number of hydrogen-bond acceptors (Lipinski definition) is 3. The van der Waals surface area contributed by atoms with Crippen molar-refractivity contribution in [2.75, 3.05) is 0 Å². The summed E-state index contributed by atoms with van der Waals surface area (Å²) >= 11 is 0. The molecule has 13 heavy (non-hydrogen) atoms. The highest BCUT2D eigenvalue weighted by Crippen LogP contribution is 1.89. The van der Waals surface area contributed by atoms with E-state index < -0.39 is 0 Å². The van der Waals surface area contributed by atoms with E-state index >= 15 is 0 Å². The second kappa shape index (κ2) is 8.90. The number of rotatable bonds is 4. The molecule has 0 fully saturated rings. The van der Waals surface area contributed by atoms with Crippen LogP contribution in [0.1, 0.15) is 40.0 Å². The zero-order valence-electron chi connectivity index (χ0n) is 8.42. The fraction of sp³-hybridized carbons (Fsp3) is 0.667. The maximum absolute atomic E-state index is 10.2. The molecule has 0 heterocycles. The monoisotopic (exact) mass is 187 g/mol. The van der Waals surface area contributed by atoms with Gasteiger partial charge in [0, 0.05) is 19.3 Å². The van der Waals surface area contributed by atoms with Gasteiger partial charge in [-0.3, -0.25) is 4.79 Å². The maximum Gasteiger partial charge on any atom is 0.217 e. The van der Waals surface area contributed by atoms with Gasteiger partial charge in [0.05, 0.1) is 0 Å². The minimum atomic E-state index is -0.245. The van der Waals surface area contributed by atoms with Crippen LogP contribution in [0.4, 0.5) is 0 Å². The molecule has 0 saturated carbocycles. The highest BCUT2D eigenvalue weighted by molar-refractivity contribution is 5.83. The van der Waals surface area contributed by atoms with Crippen LogP contribution in [-0.2, 0) is 14.4 Å². The number of ketones is 2. The summed E-state index contributed by atoms with van der Waals surface area (Å²) in [5, 5.41) is 0. The topological polar surface area (TPSA) is 77.2 Å². The third-order valence-corrected chi connectivity index (χ3v) is 1.18. The molecule has 0 rings (SSSR count). The van der Waals surface area contributed by atoms with Gasteiger partial charge >= 0.3 is 0 Å². The van der Waals surface area contributed by atoms with Gasteiger partial charge in [-0.1, -0.05) is 6.92 Å². The number of Topliss-reactive ketones (excluding diaryl/α,β-unsaturated/α-hetero) is 2. The van der Waals surface area contributed by atoms with Gasteiger partial charge in [-0.05, 0) is 13.8 Å². The van der Waals surface area contributed by atoms with Crippen LogP contribution in [0.2, 0.25) is 0 Å². The van der Waals surface area contributed by atoms with E-state index in [4.69, 9.17) is 0 Å². The first-order chi connectivity index (χ1) is 5.90. The molecule has 2 N–H and O–H groups in total. The van der Waals surface area contributed by atoms with E-state index in [0.29, 0.717) is 19.3 Å². The largest absolute Gasteiger partial charge is 0.370 e. The summed E-state index contributed by atoms with van der Waals surface area (Å²) in [4.78, 5) is 30.0. The molecule has 0 atom stereocenters. The summed E-state index contributed by atoms with van der Waals surface area (Å²) < 4.78 is 0. The highest BCUT2D eigenvalue weighted by Gasteiger charge is 1.95. The molecule has 1 amide bonds. The summed E-state index contributed by atoms with van der Waals surface area (Å²) in [5.74, 6) is -0.0783. The van der Waals surface area contributed by atoms with Crippen LogP contribution in [-0.4, -0.2) is 17.5 Å². The third kappa shape index (κ3) is 24.9. The summed E-state index contributed by atoms with van der Waals surface area (Å²) in [6.45, 7) is 4.70. The molecular weight excluding hydrogens is 170 g/mol. The fourth-order valence-electron chi connectivity index (χ4n) is 0.352. The summed E-state index contributed by atoms with van der Waals surface area (Å²) in [6.07, 6.45) is 1.24. The van der Waals surface area contributed by atoms with Crippen molar-refractivity contribution < 1.29 is 14.4 Å². The first-order valence-electron chi connectivity index (χ1n) is 4.17. The van der Waals surface area contributed by atoms with Crippen molar-refractivity contribution >= 4 is 17.5 Å². The highest BCUT2D eigenvalue weighted by atomic mass is 16.1. The molecule has 0 aromatic rings. The third-order valence-electron chi connectivity index (χ3n) is 1.18. The minimum Gasteiger partial charge on any atom is -0.370 e. The SMILES string of the molecule is CC(=O)CCC(C)=O.CCC(N)=O. The molecule has 0 aromatic carbocycles. The maximum atomic E-state index is 10.2. The minimum absolute atomic E-state index is 0.0835. The second-order valence-electron chi connectivity index (χ2n) is 2.72. The molecule has 0 aliphatic heterocycles. The number of carbonyl (C=O) groups is 3. The second-order valence-corrected chi connectivity index (χ2v) is 2.72. The van der Waals surface area contributed by atoms with Crippen LogP contribution in [0.15, 0.2) is 0 Å². The van der Waals surface area contributed by atoms with Gasteiger partial charge < -0.3 is 15.3 Å². The number of primary amides is 1. The predicted octanol–water partition coefficient (Wildman–Crippen LogP) is 0.826. The zero-order valence-corrected chi connectivity index (χ0v) is 8.42. The van der Waals surface area contributed by atoms with E-state index in [1.165, 1.54) is 13.8 Å². The average molecular weight is 187 g/mol. The summed E-state index contributed by atoms with van der Waals surface area (Å²) in [5.41, 5.74) is 4.65. The fourth-order valence-corrected chi connectivity index (χ4v) is 0.352. The van der Waals surface area contributed by atoms with Gasteiger partial charge in [-0.2, -0.15) is 0 Å². The molecule has 0 saturated heterocycles. The zero-order chi connectivity index (χ0) is 10.9. The normalized spacial score (nSPS) is 8.23. The van der Waals surface area contributed by atoms with Crippen molar-refractivity contribution in [1.29, 1.82) is 0 Å². The Balaban J connectivity index is 0. The van der Waals surface area contributed by atoms with E-state index in [0.717, 1.165) is 0 Å². The lowest BCUT2D eigenvalue weighted by Gasteiger charge is -1.86. The van der Waals surface area contributed by atoms with Gasteiger partial charge in [0.15, 0.2) is 0 Å². The van der Waals surface area contributed by atoms with Crippen molar-refractivity contribution in [2.24, 2.45) is 5.73 Å². The van der Waals surface area contributed by atoms with Crippen LogP contribution < -0.4 is 5.73 Å². The average Bonchev–Trinajstić information content (AvgIpc) is 2.02. The van der Waals surface area contributed by atoms with E-state index in [1.54, 1.807) is 6.92 Å². The van der Waals surface area contributed by atoms with E-state index in [9.17, 15) is 14.4 Å². The smallest absolute Gasteiger partial charge is 0.217 e. The molecule has 0 aliphatic carbocycles. The molecule has 4 heteroatoms. The van der Waals surface area contributed by atoms with Crippen LogP contribution >= 0.6 is 0 Å². The van der Waals surface area contributed by atoms with Crippen molar-refractivity contribution in [3.05, 3.63) is 0 Å². The molecule has 0 aromatic heterocycles. The van der Waals surface area contributed by atoms with Gasteiger partial charge in [0.2, 0.25) is 5.91 Å².